The Bertz CT molecular complexity index is 671. The summed E-state index contributed by atoms with van der Waals surface area (Å²) in [6, 6.07) is 10.7. The van der Waals surface area contributed by atoms with E-state index in [1.165, 1.54) is 6.07 Å². The second-order valence-electron chi connectivity index (χ2n) is 4.58. The number of hydrogen-bond donors (Lipinski definition) is 2. The minimum absolute atomic E-state index is 0.303. The third-order valence-electron chi connectivity index (χ3n) is 2.96. The Morgan fingerprint density at radius 1 is 1.29 bits per heavy atom. The molecule has 21 heavy (non-hydrogen) atoms. The van der Waals surface area contributed by atoms with Gasteiger partial charge in [0.25, 0.3) is 0 Å². The second-order valence-corrected chi connectivity index (χ2v) is 6.33. The molecule has 0 radical (unpaired) electrons. The third kappa shape index (κ3) is 3.74. The Morgan fingerprint density at radius 2 is 2.05 bits per heavy atom. The summed E-state index contributed by atoms with van der Waals surface area (Å²) in [5.74, 6) is 0.612. The van der Waals surface area contributed by atoms with Crippen LogP contribution in [0.4, 0.5) is 15.8 Å². The summed E-state index contributed by atoms with van der Waals surface area (Å²) in [7, 11) is 0. The molecule has 0 heterocycles. The largest absolute Gasteiger partial charge is 0.389 e. The molecule has 5 heteroatoms. The molecule has 0 aliphatic heterocycles. The molecule has 0 bridgehead atoms. The zero-order valence-electron chi connectivity index (χ0n) is 11.9. The molecule has 0 aliphatic rings. The molecule has 3 N–H and O–H groups in total. The first-order valence-corrected chi connectivity index (χ1v) is 8.01. The summed E-state index contributed by atoms with van der Waals surface area (Å²) >= 11 is 6.82. The van der Waals surface area contributed by atoms with Crippen molar-refractivity contribution >= 4 is 40.3 Å². The molecule has 0 saturated carbocycles. The van der Waals surface area contributed by atoms with Crippen molar-refractivity contribution in [2.45, 2.75) is 18.7 Å². The van der Waals surface area contributed by atoms with Crippen molar-refractivity contribution in [2.24, 2.45) is 5.73 Å². The number of nitrogens with one attached hydrogen (secondary N) is 1. The average molecular weight is 320 g/mol. The van der Waals surface area contributed by atoms with Gasteiger partial charge < -0.3 is 11.1 Å². The first-order chi connectivity index (χ1) is 10.0. The van der Waals surface area contributed by atoms with Crippen molar-refractivity contribution in [1.29, 1.82) is 0 Å². The van der Waals surface area contributed by atoms with E-state index in [1.807, 2.05) is 25.1 Å². The molecule has 0 unspecified atom stereocenters. The molecule has 0 saturated heterocycles. The van der Waals surface area contributed by atoms with Crippen molar-refractivity contribution < 1.29 is 4.39 Å². The number of hydrogen-bond acceptors (Lipinski definition) is 3. The lowest BCUT2D eigenvalue weighted by atomic mass is 10.1. The van der Waals surface area contributed by atoms with Crippen LogP contribution in [0.5, 0.6) is 0 Å². The summed E-state index contributed by atoms with van der Waals surface area (Å²) in [6.07, 6.45) is 0. The minimum Gasteiger partial charge on any atom is -0.389 e. The highest BCUT2D eigenvalue weighted by Gasteiger charge is 2.13. The molecule has 0 aliphatic carbocycles. The predicted molar refractivity (Wildman–Crippen MR) is 93.1 cm³/mol. The van der Waals surface area contributed by atoms with E-state index >= 15 is 0 Å². The van der Waals surface area contributed by atoms with Gasteiger partial charge in [0.1, 0.15) is 10.8 Å². The Morgan fingerprint density at radius 3 is 2.71 bits per heavy atom. The van der Waals surface area contributed by atoms with Gasteiger partial charge in [-0.15, -0.1) is 11.8 Å². The van der Waals surface area contributed by atoms with Gasteiger partial charge in [-0.2, -0.15) is 0 Å². The molecule has 0 fully saturated rings. The molecule has 2 aromatic rings. The highest BCUT2D eigenvalue weighted by Crippen LogP contribution is 2.31. The quantitative estimate of drug-likeness (QED) is 0.622. The van der Waals surface area contributed by atoms with Crippen LogP contribution in [-0.4, -0.2) is 10.7 Å². The summed E-state index contributed by atoms with van der Waals surface area (Å²) in [4.78, 5) is 1.31. The van der Waals surface area contributed by atoms with Crippen LogP contribution in [0, 0.1) is 12.7 Å². The molecule has 0 aromatic heterocycles. The van der Waals surface area contributed by atoms with Crippen LogP contribution in [0.2, 0.25) is 0 Å². The molecule has 110 valence electrons. The highest BCUT2D eigenvalue weighted by molar-refractivity contribution is 7.99. The lowest BCUT2D eigenvalue weighted by molar-refractivity contribution is 0.631. The number of thiocarbonyl (C=S) groups is 1. The van der Waals surface area contributed by atoms with Gasteiger partial charge in [-0.1, -0.05) is 31.3 Å². The van der Waals surface area contributed by atoms with Gasteiger partial charge in [-0.05, 0) is 42.5 Å². The lowest BCUT2D eigenvalue weighted by Crippen LogP contribution is -2.13. The molecule has 0 atom stereocenters. The fourth-order valence-electron chi connectivity index (χ4n) is 2.05. The molecule has 0 spiro atoms. The normalized spacial score (nSPS) is 10.4. The molecule has 2 nitrogen and oxygen atoms in total. The van der Waals surface area contributed by atoms with E-state index < -0.39 is 0 Å². The minimum atomic E-state index is -0.303. The Labute approximate surface area is 133 Å². The van der Waals surface area contributed by atoms with Gasteiger partial charge in [0.2, 0.25) is 0 Å². The van der Waals surface area contributed by atoms with Gasteiger partial charge in [0.15, 0.2) is 0 Å². The van der Waals surface area contributed by atoms with Gasteiger partial charge in [-0.3, -0.25) is 0 Å². The molecule has 2 rings (SSSR count). The van der Waals surface area contributed by atoms with Crippen LogP contribution < -0.4 is 11.1 Å². The first kappa shape index (κ1) is 15.8. The summed E-state index contributed by atoms with van der Waals surface area (Å²) in [5.41, 5.74) is 8.75. The van der Waals surface area contributed by atoms with E-state index in [0.717, 1.165) is 27.5 Å². The maximum Gasteiger partial charge on any atom is 0.146 e. The number of thioether (sulfide) groups is 1. The van der Waals surface area contributed by atoms with E-state index in [1.54, 1.807) is 23.9 Å². The van der Waals surface area contributed by atoms with Crippen LogP contribution in [0.1, 0.15) is 18.1 Å². The van der Waals surface area contributed by atoms with Crippen molar-refractivity contribution in [3.8, 4) is 0 Å². The monoisotopic (exact) mass is 320 g/mol. The number of rotatable bonds is 5. The van der Waals surface area contributed by atoms with Crippen LogP contribution in [0.3, 0.4) is 0 Å². The van der Waals surface area contributed by atoms with Crippen LogP contribution in [0.25, 0.3) is 0 Å². The average Bonchev–Trinajstić information content (AvgIpc) is 2.43. The maximum atomic E-state index is 13.9. The Balaban J connectivity index is 2.46. The van der Waals surface area contributed by atoms with Crippen LogP contribution in [0.15, 0.2) is 41.3 Å². The number of benzene rings is 2. The summed E-state index contributed by atoms with van der Waals surface area (Å²) < 4.78 is 13.9. The van der Waals surface area contributed by atoms with Crippen molar-refractivity contribution in [1.82, 2.24) is 0 Å². The van der Waals surface area contributed by atoms with Crippen molar-refractivity contribution in [3.05, 3.63) is 53.3 Å². The number of anilines is 2. The lowest BCUT2D eigenvalue weighted by Gasteiger charge is -2.15. The van der Waals surface area contributed by atoms with Gasteiger partial charge in [0, 0.05) is 16.1 Å². The summed E-state index contributed by atoms with van der Waals surface area (Å²) in [5, 5.41) is 3.11. The highest BCUT2D eigenvalue weighted by atomic mass is 32.2. The fourth-order valence-corrected chi connectivity index (χ4v) is 3.18. The third-order valence-corrected chi connectivity index (χ3v) is 4.11. The number of aryl methyl sites for hydroxylation is 1. The van der Waals surface area contributed by atoms with Gasteiger partial charge in [-0.25, -0.2) is 4.39 Å². The number of nitrogens with two attached hydrogens (primary N) is 1. The molecule has 0 amide bonds. The number of halogens is 1. The predicted octanol–water partition coefficient (Wildman–Crippen LogP) is 4.62. The van der Waals surface area contributed by atoms with E-state index in [9.17, 15) is 4.39 Å². The van der Waals surface area contributed by atoms with Gasteiger partial charge in [0.05, 0.1) is 5.69 Å². The molecular weight excluding hydrogens is 303 g/mol. The molecular formula is C16H17FN2S2. The summed E-state index contributed by atoms with van der Waals surface area (Å²) in [6.45, 7) is 3.98. The van der Waals surface area contributed by atoms with E-state index in [0.29, 0.717) is 10.7 Å². The smallest absolute Gasteiger partial charge is 0.146 e. The van der Waals surface area contributed by atoms with E-state index in [2.05, 4.69) is 12.2 Å². The second kappa shape index (κ2) is 6.91. The Kier molecular flexibility index (Phi) is 5.20. The van der Waals surface area contributed by atoms with E-state index in [-0.39, 0.29) is 5.82 Å². The van der Waals surface area contributed by atoms with Crippen LogP contribution in [-0.2, 0) is 0 Å². The first-order valence-electron chi connectivity index (χ1n) is 6.61. The maximum absolute atomic E-state index is 13.9. The van der Waals surface area contributed by atoms with E-state index in [4.69, 9.17) is 18.0 Å². The SMILES string of the molecule is CCSc1cccc(Nc2cc(C)ccc2F)c1C(N)=S. The fraction of sp³-hybridized carbons (Fsp3) is 0.188. The van der Waals surface area contributed by atoms with Crippen molar-refractivity contribution in [2.75, 3.05) is 11.1 Å². The zero-order chi connectivity index (χ0) is 15.4. The standard InChI is InChI=1S/C16H17FN2S2/c1-3-21-14-6-4-5-12(15(14)16(18)20)19-13-9-10(2)7-8-11(13)17/h4-9,19H,3H2,1-2H3,(H2,18,20). The Hall–Kier alpha value is -1.59. The van der Waals surface area contributed by atoms with Crippen LogP contribution >= 0.6 is 24.0 Å². The zero-order valence-corrected chi connectivity index (χ0v) is 13.6. The van der Waals surface area contributed by atoms with Gasteiger partial charge >= 0.3 is 0 Å². The van der Waals surface area contributed by atoms with Crippen molar-refractivity contribution in [3.63, 3.8) is 0 Å². The molecule has 2 aromatic carbocycles. The topological polar surface area (TPSA) is 38.0 Å².